The lowest BCUT2D eigenvalue weighted by molar-refractivity contribution is 0.572. The van der Waals surface area contributed by atoms with Gasteiger partial charge in [0, 0.05) is 39.4 Å². The van der Waals surface area contributed by atoms with E-state index in [4.69, 9.17) is 4.42 Å². The molecule has 0 spiro atoms. The number of aliphatic imine (C=N–C) groups is 1. The third kappa shape index (κ3) is 5.07. The van der Waals surface area contributed by atoms with Crippen LogP contribution in [-0.4, -0.2) is 37.1 Å². The minimum absolute atomic E-state index is 0.523. The SMILES string of the molecule is CN=C(NCc1ccnc(N(C)C)c1)NCc1coc(-c2ccccc2)n1. The number of benzene rings is 1. The lowest BCUT2D eigenvalue weighted by Crippen LogP contribution is -2.36. The predicted molar refractivity (Wildman–Crippen MR) is 108 cm³/mol. The molecule has 0 bridgehead atoms. The second kappa shape index (κ2) is 8.84. The first-order valence-corrected chi connectivity index (χ1v) is 8.72. The van der Waals surface area contributed by atoms with Crippen LogP contribution in [0.25, 0.3) is 11.5 Å². The van der Waals surface area contributed by atoms with Gasteiger partial charge in [-0.2, -0.15) is 0 Å². The van der Waals surface area contributed by atoms with Crippen molar-refractivity contribution in [2.45, 2.75) is 13.1 Å². The van der Waals surface area contributed by atoms with Gasteiger partial charge in [0.1, 0.15) is 12.1 Å². The van der Waals surface area contributed by atoms with Gasteiger partial charge in [0.05, 0.1) is 12.2 Å². The minimum Gasteiger partial charge on any atom is -0.444 e. The number of pyridine rings is 1. The van der Waals surface area contributed by atoms with E-state index in [-0.39, 0.29) is 0 Å². The molecule has 0 fully saturated rings. The fraction of sp³-hybridized carbons (Fsp3) is 0.250. The molecular formula is C20H24N6O. The third-order valence-electron chi connectivity index (χ3n) is 3.96. The van der Waals surface area contributed by atoms with Crippen LogP contribution < -0.4 is 15.5 Å². The lowest BCUT2D eigenvalue weighted by Gasteiger charge is -2.14. The zero-order valence-corrected chi connectivity index (χ0v) is 15.8. The van der Waals surface area contributed by atoms with Crippen molar-refractivity contribution in [3.05, 3.63) is 66.2 Å². The zero-order chi connectivity index (χ0) is 19.1. The topological polar surface area (TPSA) is 78.6 Å². The molecule has 0 radical (unpaired) electrons. The maximum absolute atomic E-state index is 5.56. The molecule has 2 heterocycles. The highest BCUT2D eigenvalue weighted by atomic mass is 16.3. The first kappa shape index (κ1) is 18.4. The van der Waals surface area contributed by atoms with Gasteiger partial charge >= 0.3 is 0 Å². The Morgan fingerprint density at radius 1 is 1.11 bits per heavy atom. The quantitative estimate of drug-likeness (QED) is 0.517. The Bertz CT molecular complexity index is 888. The second-order valence-electron chi connectivity index (χ2n) is 6.21. The maximum Gasteiger partial charge on any atom is 0.226 e. The molecule has 0 aliphatic rings. The number of hydrogen-bond acceptors (Lipinski definition) is 5. The molecule has 3 rings (SSSR count). The monoisotopic (exact) mass is 364 g/mol. The number of nitrogens with one attached hydrogen (secondary N) is 2. The number of anilines is 1. The summed E-state index contributed by atoms with van der Waals surface area (Å²) in [5.74, 6) is 2.24. The van der Waals surface area contributed by atoms with Crippen LogP contribution in [0.15, 0.2) is 64.3 Å². The summed E-state index contributed by atoms with van der Waals surface area (Å²) in [6.07, 6.45) is 3.47. The van der Waals surface area contributed by atoms with Crippen LogP contribution in [0.1, 0.15) is 11.3 Å². The number of oxazole rings is 1. The molecule has 0 unspecified atom stereocenters. The summed E-state index contributed by atoms with van der Waals surface area (Å²) in [7, 11) is 5.69. The average Bonchev–Trinajstić information content (AvgIpc) is 3.18. The highest BCUT2D eigenvalue weighted by Gasteiger charge is 2.07. The highest BCUT2D eigenvalue weighted by molar-refractivity contribution is 5.79. The molecule has 0 saturated heterocycles. The van der Waals surface area contributed by atoms with Crippen LogP contribution in [0, 0.1) is 0 Å². The van der Waals surface area contributed by atoms with Crippen molar-refractivity contribution in [2.24, 2.45) is 4.99 Å². The van der Waals surface area contributed by atoms with Gasteiger partial charge in [-0.05, 0) is 29.8 Å². The van der Waals surface area contributed by atoms with Crippen molar-refractivity contribution in [3.8, 4) is 11.5 Å². The summed E-state index contributed by atoms with van der Waals surface area (Å²) < 4.78 is 5.56. The molecule has 3 aromatic rings. The second-order valence-corrected chi connectivity index (χ2v) is 6.21. The molecule has 0 atom stereocenters. The van der Waals surface area contributed by atoms with Crippen molar-refractivity contribution in [1.29, 1.82) is 0 Å². The molecule has 7 nitrogen and oxygen atoms in total. The van der Waals surface area contributed by atoms with Crippen molar-refractivity contribution < 1.29 is 4.42 Å². The molecule has 140 valence electrons. The molecule has 7 heteroatoms. The molecular weight excluding hydrogens is 340 g/mol. The van der Waals surface area contributed by atoms with Gasteiger partial charge in [0.25, 0.3) is 0 Å². The molecule has 27 heavy (non-hydrogen) atoms. The van der Waals surface area contributed by atoms with Gasteiger partial charge in [-0.15, -0.1) is 0 Å². The van der Waals surface area contributed by atoms with Crippen LogP contribution >= 0.6 is 0 Å². The molecule has 2 aromatic heterocycles. The predicted octanol–water partition coefficient (Wildman–Crippen LogP) is 2.67. The van der Waals surface area contributed by atoms with Crippen molar-refractivity contribution in [1.82, 2.24) is 20.6 Å². The van der Waals surface area contributed by atoms with E-state index in [0.717, 1.165) is 22.6 Å². The van der Waals surface area contributed by atoms with E-state index < -0.39 is 0 Å². The van der Waals surface area contributed by atoms with Gasteiger partial charge in [-0.1, -0.05) is 18.2 Å². The van der Waals surface area contributed by atoms with Crippen molar-refractivity contribution in [2.75, 3.05) is 26.0 Å². The fourth-order valence-corrected chi connectivity index (χ4v) is 2.50. The van der Waals surface area contributed by atoms with E-state index in [9.17, 15) is 0 Å². The molecule has 0 amide bonds. The number of aromatic nitrogens is 2. The number of rotatable bonds is 6. The first-order chi connectivity index (χ1) is 13.2. The molecule has 0 aliphatic carbocycles. The Morgan fingerprint density at radius 2 is 1.89 bits per heavy atom. The number of guanidine groups is 1. The van der Waals surface area contributed by atoms with E-state index in [1.165, 1.54) is 0 Å². The Balaban J connectivity index is 1.54. The van der Waals surface area contributed by atoms with Crippen LogP contribution in [0.2, 0.25) is 0 Å². The van der Waals surface area contributed by atoms with Gasteiger partial charge in [0.15, 0.2) is 5.96 Å². The standard InChI is InChI=1S/C20H24N6O/c1-21-20(23-12-15-9-10-22-18(11-15)26(2)3)24-13-17-14-27-19(25-17)16-7-5-4-6-8-16/h4-11,14H,12-13H2,1-3H3,(H2,21,23,24). The van der Waals surface area contributed by atoms with E-state index in [0.29, 0.717) is 24.9 Å². The van der Waals surface area contributed by atoms with Gasteiger partial charge in [-0.3, -0.25) is 4.99 Å². The molecule has 1 aromatic carbocycles. The molecule has 2 N–H and O–H groups in total. The van der Waals surface area contributed by atoms with E-state index in [1.807, 2.05) is 67.7 Å². The summed E-state index contributed by atoms with van der Waals surface area (Å²) >= 11 is 0. The van der Waals surface area contributed by atoms with Crippen LogP contribution in [0.3, 0.4) is 0 Å². The summed E-state index contributed by atoms with van der Waals surface area (Å²) in [4.78, 5) is 15.1. The Kier molecular flexibility index (Phi) is 6.04. The smallest absolute Gasteiger partial charge is 0.226 e. The van der Waals surface area contributed by atoms with Crippen LogP contribution in [0.4, 0.5) is 5.82 Å². The van der Waals surface area contributed by atoms with E-state index >= 15 is 0 Å². The summed E-state index contributed by atoms with van der Waals surface area (Å²) in [5.41, 5.74) is 2.90. The molecule has 0 saturated carbocycles. The number of hydrogen-bond donors (Lipinski definition) is 2. The van der Waals surface area contributed by atoms with Crippen molar-refractivity contribution in [3.63, 3.8) is 0 Å². The average molecular weight is 364 g/mol. The Morgan fingerprint density at radius 3 is 2.63 bits per heavy atom. The zero-order valence-electron chi connectivity index (χ0n) is 15.8. The van der Waals surface area contributed by atoms with Gasteiger partial charge < -0.3 is 20.0 Å². The maximum atomic E-state index is 5.56. The normalized spacial score (nSPS) is 11.3. The first-order valence-electron chi connectivity index (χ1n) is 8.72. The lowest BCUT2D eigenvalue weighted by atomic mass is 10.2. The Labute approximate surface area is 159 Å². The summed E-state index contributed by atoms with van der Waals surface area (Å²) in [5, 5.41) is 6.54. The summed E-state index contributed by atoms with van der Waals surface area (Å²) in [6, 6.07) is 13.9. The van der Waals surface area contributed by atoms with Crippen LogP contribution in [0.5, 0.6) is 0 Å². The van der Waals surface area contributed by atoms with E-state index in [1.54, 1.807) is 13.3 Å². The van der Waals surface area contributed by atoms with Crippen LogP contribution in [-0.2, 0) is 13.1 Å². The van der Waals surface area contributed by atoms with Gasteiger partial charge in [-0.25, -0.2) is 9.97 Å². The highest BCUT2D eigenvalue weighted by Crippen LogP contribution is 2.17. The van der Waals surface area contributed by atoms with Crippen molar-refractivity contribution >= 4 is 11.8 Å². The van der Waals surface area contributed by atoms with Gasteiger partial charge in [0.2, 0.25) is 5.89 Å². The molecule has 0 aliphatic heterocycles. The largest absolute Gasteiger partial charge is 0.444 e. The number of nitrogens with zero attached hydrogens (tertiary/aromatic N) is 4. The third-order valence-corrected chi connectivity index (χ3v) is 3.96. The minimum atomic E-state index is 0.523. The Hall–Kier alpha value is -3.35. The van der Waals surface area contributed by atoms with E-state index in [2.05, 4.69) is 25.6 Å². The fourth-order valence-electron chi connectivity index (χ4n) is 2.50. The summed E-state index contributed by atoms with van der Waals surface area (Å²) in [6.45, 7) is 1.17.